The van der Waals surface area contributed by atoms with Crippen LogP contribution in [-0.2, 0) is 17.1 Å². The molecule has 0 spiro atoms. The van der Waals surface area contributed by atoms with Gasteiger partial charge in [0.2, 0.25) is 10.0 Å². The van der Waals surface area contributed by atoms with Crippen molar-refractivity contribution >= 4 is 27.6 Å². The van der Waals surface area contributed by atoms with Gasteiger partial charge in [0.1, 0.15) is 5.69 Å². The first-order chi connectivity index (χ1) is 10.6. The summed E-state index contributed by atoms with van der Waals surface area (Å²) in [4.78, 5) is 14.8. The molecule has 10 nitrogen and oxygen atoms in total. The molecular weight excluding hydrogens is 331 g/mol. The monoisotopic (exact) mass is 344 g/mol. The Bertz CT molecular complexity index is 879. The Morgan fingerprint density at radius 2 is 2.04 bits per heavy atom. The Hall–Kier alpha value is -2.76. The Balaban J connectivity index is 2.54. The van der Waals surface area contributed by atoms with Crippen LogP contribution in [0.2, 0.25) is 0 Å². The predicted octanol–water partition coefficient (Wildman–Crippen LogP) is 0.786. The topological polar surface area (TPSA) is 139 Å². The van der Waals surface area contributed by atoms with Crippen molar-refractivity contribution in [3.8, 4) is 11.4 Å². The summed E-state index contributed by atoms with van der Waals surface area (Å²) < 4.78 is 40.0. The number of hydrogen-bond acceptors (Lipinski definition) is 6. The van der Waals surface area contributed by atoms with Gasteiger partial charge in [0.15, 0.2) is 17.3 Å². The van der Waals surface area contributed by atoms with Crippen molar-refractivity contribution in [2.75, 3.05) is 16.3 Å². The number of anilines is 2. The molecule has 0 saturated heterocycles. The van der Waals surface area contributed by atoms with Crippen LogP contribution in [0.1, 0.15) is 5.69 Å². The molecule has 0 atom stereocenters. The first kappa shape index (κ1) is 16.6. The van der Waals surface area contributed by atoms with Gasteiger partial charge in [-0.3, -0.25) is 10.0 Å². The number of hydrogen-bond donors (Lipinski definition) is 3. The Kier molecular flexibility index (Phi) is 4.18. The minimum atomic E-state index is -3.59. The van der Waals surface area contributed by atoms with Crippen LogP contribution in [0.25, 0.3) is 11.4 Å². The zero-order chi connectivity index (χ0) is 17.4. The number of aromatic nitrogens is 4. The number of amides is 1. The van der Waals surface area contributed by atoms with Gasteiger partial charge in [0, 0.05) is 13.1 Å². The quantitative estimate of drug-likeness (QED) is 0.745. The fourth-order valence-corrected chi connectivity index (χ4v) is 2.41. The fourth-order valence-electron chi connectivity index (χ4n) is 1.81. The lowest BCUT2D eigenvalue weighted by Crippen LogP contribution is -2.13. The summed E-state index contributed by atoms with van der Waals surface area (Å²) in [5, 5.41) is 18.2. The number of rotatable bonds is 4. The van der Waals surface area contributed by atoms with Crippen molar-refractivity contribution in [3.05, 3.63) is 17.6 Å². The molecule has 0 aromatic carbocycles. The number of nitrogens with zero attached hydrogens (tertiary/aromatic N) is 4. The Morgan fingerprint density at radius 1 is 1.39 bits per heavy atom. The van der Waals surface area contributed by atoms with E-state index in [1.807, 2.05) is 0 Å². The molecule has 2 aromatic rings. The molecule has 0 aliphatic rings. The summed E-state index contributed by atoms with van der Waals surface area (Å²) in [6.07, 6.45) is -0.445. The van der Waals surface area contributed by atoms with E-state index in [4.69, 9.17) is 5.11 Å². The average Bonchev–Trinajstić information content (AvgIpc) is 2.73. The molecular formula is C11H13FN6O4S. The maximum atomic E-state index is 14.3. The standard InChI is InChI=1S/C11H13FN6O4S/c1-5-7(16-23(3,21)22)4-6(12)8(13-5)9-10(14-11(19)20)18(2)17-15-9/h4,14,16H,1-3H3,(H,19,20). The van der Waals surface area contributed by atoms with Crippen molar-refractivity contribution in [2.45, 2.75) is 6.92 Å². The average molecular weight is 344 g/mol. The number of nitrogens with one attached hydrogen (secondary N) is 2. The van der Waals surface area contributed by atoms with Crippen molar-refractivity contribution in [1.29, 1.82) is 0 Å². The van der Waals surface area contributed by atoms with Crippen LogP contribution in [0, 0.1) is 12.7 Å². The third-order valence-electron chi connectivity index (χ3n) is 2.74. The molecule has 3 N–H and O–H groups in total. The molecule has 0 radical (unpaired) electrons. The molecule has 124 valence electrons. The highest BCUT2D eigenvalue weighted by atomic mass is 32.2. The third kappa shape index (κ3) is 3.71. The van der Waals surface area contributed by atoms with Gasteiger partial charge in [-0.25, -0.2) is 27.3 Å². The maximum absolute atomic E-state index is 14.3. The van der Waals surface area contributed by atoms with E-state index in [1.165, 1.54) is 14.0 Å². The molecule has 2 aromatic heterocycles. The Morgan fingerprint density at radius 3 is 2.61 bits per heavy atom. The highest BCUT2D eigenvalue weighted by Crippen LogP contribution is 2.28. The van der Waals surface area contributed by atoms with E-state index in [-0.39, 0.29) is 28.6 Å². The van der Waals surface area contributed by atoms with Crippen LogP contribution >= 0.6 is 0 Å². The maximum Gasteiger partial charge on any atom is 0.410 e. The minimum absolute atomic E-state index is 0.0228. The van der Waals surface area contributed by atoms with Crippen LogP contribution < -0.4 is 10.0 Å². The summed E-state index contributed by atoms with van der Waals surface area (Å²) in [6, 6.07) is 0.942. The van der Waals surface area contributed by atoms with Gasteiger partial charge in [-0.05, 0) is 6.92 Å². The second-order valence-corrected chi connectivity index (χ2v) is 6.41. The van der Waals surface area contributed by atoms with Crippen molar-refractivity contribution < 1.29 is 22.7 Å². The van der Waals surface area contributed by atoms with E-state index < -0.39 is 21.9 Å². The second-order valence-electron chi connectivity index (χ2n) is 4.67. The third-order valence-corrected chi connectivity index (χ3v) is 3.33. The molecule has 0 unspecified atom stereocenters. The van der Waals surface area contributed by atoms with Gasteiger partial charge in [0.05, 0.1) is 17.6 Å². The lowest BCUT2D eigenvalue weighted by atomic mass is 10.2. The van der Waals surface area contributed by atoms with Crippen LogP contribution in [0.4, 0.5) is 20.7 Å². The number of carboxylic acid groups (broad SMARTS) is 1. The van der Waals surface area contributed by atoms with Crippen LogP contribution in [0.15, 0.2) is 6.07 Å². The number of halogens is 1. The molecule has 0 bridgehead atoms. The van der Waals surface area contributed by atoms with Gasteiger partial charge in [-0.1, -0.05) is 5.21 Å². The van der Waals surface area contributed by atoms with E-state index >= 15 is 0 Å². The zero-order valence-electron chi connectivity index (χ0n) is 12.3. The molecule has 0 aliphatic heterocycles. The highest BCUT2D eigenvalue weighted by molar-refractivity contribution is 7.92. The summed E-state index contributed by atoms with van der Waals surface area (Å²) >= 11 is 0. The zero-order valence-corrected chi connectivity index (χ0v) is 13.1. The van der Waals surface area contributed by atoms with Crippen LogP contribution in [-0.4, -0.2) is 45.9 Å². The molecule has 23 heavy (non-hydrogen) atoms. The number of carbonyl (C=O) groups is 1. The molecule has 12 heteroatoms. The van der Waals surface area contributed by atoms with E-state index in [0.29, 0.717) is 0 Å². The normalized spacial score (nSPS) is 11.3. The Labute approximate surface area is 130 Å². The summed E-state index contributed by atoms with van der Waals surface area (Å²) in [7, 11) is -2.17. The fraction of sp³-hybridized carbons (Fsp3) is 0.273. The molecule has 0 aliphatic carbocycles. The summed E-state index contributed by atoms with van der Waals surface area (Å²) in [5.41, 5.74) is -0.191. The smallest absolute Gasteiger partial charge is 0.410 e. The molecule has 1 amide bonds. The number of sulfonamides is 1. The second kappa shape index (κ2) is 5.79. The first-order valence-corrected chi connectivity index (χ1v) is 8.02. The lowest BCUT2D eigenvalue weighted by molar-refractivity contribution is 0.209. The highest BCUT2D eigenvalue weighted by Gasteiger charge is 2.21. The molecule has 0 saturated carbocycles. The minimum Gasteiger partial charge on any atom is -0.465 e. The predicted molar refractivity (Wildman–Crippen MR) is 79.0 cm³/mol. The largest absolute Gasteiger partial charge is 0.465 e. The first-order valence-electron chi connectivity index (χ1n) is 6.13. The summed E-state index contributed by atoms with van der Waals surface area (Å²) in [6.45, 7) is 1.47. The van der Waals surface area contributed by atoms with Crippen molar-refractivity contribution in [2.24, 2.45) is 7.05 Å². The molecule has 2 rings (SSSR count). The lowest BCUT2D eigenvalue weighted by Gasteiger charge is -2.10. The van der Waals surface area contributed by atoms with Crippen molar-refractivity contribution in [3.63, 3.8) is 0 Å². The van der Waals surface area contributed by atoms with E-state index in [9.17, 15) is 17.6 Å². The van der Waals surface area contributed by atoms with Gasteiger partial charge in [-0.15, -0.1) is 5.10 Å². The SMILES string of the molecule is Cc1nc(-c2nnn(C)c2NC(=O)O)c(F)cc1NS(C)(=O)=O. The van der Waals surface area contributed by atoms with Gasteiger partial charge in [0.25, 0.3) is 0 Å². The van der Waals surface area contributed by atoms with E-state index in [0.717, 1.165) is 17.0 Å². The number of pyridine rings is 1. The molecule has 2 heterocycles. The molecule has 0 fully saturated rings. The van der Waals surface area contributed by atoms with Crippen molar-refractivity contribution in [1.82, 2.24) is 20.0 Å². The summed E-state index contributed by atoms with van der Waals surface area (Å²) in [5.74, 6) is -0.942. The number of aryl methyl sites for hydroxylation is 2. The van der Waals surface area contributed by atoms with E-state index in [1.54, 1.807) is 0 Å². The van der Waals surface area contributed by atoms with Crippen LogP contribution in [0.3, 0.4) is 0 Å². The van der Waals surface area contributed by atoms with E-state index in [2.05, 4.69) is 25.3 Å². The van der Waals surface area contributed by atoms with Crippen LogP contribution in [0.5, 0.6) is 0 Å². The van der Waals surface area contributed by atoms with Gasteiger partial charge >= 0.3 is 6.09 Å². The van der Waals surface area contributed by atoms with Gasteiger partial charge in [-0.2, -0.15) is 0 Å². The van der Waals surface area contributed by atoms with Gasteiger partial charge < -0.3 is 5.11 Å².